The number of hydrogen-bond donors (Lipinski definition) is 1. The lowest BCUT2D eigenvalue weighted by Crippen LogP contribution is -2.22. The highest BCUT2D eigenvalue weighted by Gasteiger charge is 2.15. The average Bonchev–Trinajstić information content (AvgIpc) is 2.36. The van der Waals surface area contributed by atoms with Gasteiger partial charge in [-0.05, 0) is 35.4 Å². The van der Waals surface area contributed by atoms with Gasteiger partial charge in [-0.2, -0.15) is 0 Å². The molecule has 2 aromatic carbocycles. The van der Waals surface area contributed by atoms with E-state index in [1.54, 1.807) is 18.2 Å². The van der Waals surface area contributed by atoms with E-state index in [-0.39, 0.29) is 5.82 Å². The maximum atomic E-state index is 13.6. The Balaban J connectivity index is 2.54. The van der Waals surface area contributed by atoms with Gasteiger partial charge in [0, 0.05) is 23.2 Å². The molecule has 2 rings (SSSR count). The second-order valence-corrected chi connectivity index (χ2v) is 6.33. The van der Waals surface area contributed by atoms with Crippen molar-refractivity contribution >= 4 is 34.8 Å². The molecule has 112 valence electrons. The zero-order chi connectivity index (χ0) is 15.6. The minimum atomic E-state index is -0.333. The van der Waals surface area contributed by atoms with Gasteiger partial charge in [0.15, 0.2) is 0 Å². The van der Waals surface area contributed by atoms with Gasteiger partial charge in [-0.1, -0.05) is 54.7 Å². The van der Waals surface area contributed by atoms with Crippen LogP contribution >= 0.6 is 34.8 Å². The van der Waals surface area contributed by atoms with Crippen molar-refractivity contribution in [3.05, 3.63) is 56.8 Å². The molecule has 0 unspecified atom stereocenters. The van der Waals surface area contributed by atoms with Crippen molar-refractivity contribution in [3.63, 3.8) is 0 Å². The SMILES string of the molecule is CC(C)NCc1ccc(F)cc1-c1c(Cl)cc(Cl)cc1Cl. The molecule has 0 fully saturated rings. The summed E-state index contributed by atoms with van der Waals surface area (Å²) in [7, 11) is 0. The minimum Gasteiger partial charge on any atom is -0.310 e. The summed E-state index contributed by atoms with van der Waals surface area (Å²) < 4.78 is 13.6. The third-order valence-corrected chi connectivity index (χ3v) is 3.86. The van der Waals surface area contributed by atoms with E-state index in [1.807, 2.05) is 13.8 Å². The Bertz CT molecular complexity index is 633. The van der Waals surface area contributed by atoms with Crippen molar-refractivity contribution < 1.29 is 4.39 Å². The van der Waals surface area contributed by atoms with Gasteiger partial charge < -0.3 is 5.32 Å². The second-order valence-electron chi connectivity index (χ2n) is 5.08. The van der Waals surface area contributed by atoms with Gasteiger partial charge in [-0.15, -0.1) is 0 Å². The standard InChI is InChI=1S/C16H15Cl3FN/c1-9(2)21-8-10-3-4-12(20)7-13(10)16-14(18)5-11(17)6-15(16)19/h3-7,9,21H,8H2,1-2H3. The molecule has 5 heteroatoms. The Morgan fingerprint density at radius 3 is 2.24 bits per heavy atom. The van der Waals surface area contributed by atoms with E-state index >= 15 is 0 Å². The molecule has 0 radical (unpaired) electrons. The molecule has 0 saturated carbocycles. The van der Waals surface area contributed by atoms with Crippen LogP contribution in [0.1, 0.15) is 19.4 Å². The molecular formula is C16H15Cl3FN. The molecule has 0 aromatic heterocycles. The summed E-state index contributed by atoms with van der Waals surface area (Å²) in [4.78, 5) is 0. The van der Waals surface area contributed by atoms with Crippen LogP contribution in [0.4, 0.5) is 4.39 Å². The Labute approximate surface area is 139 Å². The normalized spacial score (nSPS) is 11.2. The van der Waals surface area contributed by atoms with Gasteiger partial charge in [0.25, 0.3) is 0 Å². The molecule has 0 heterocycles. The van der Waals surface area contributed by atoms with Crippen molar-refractivity contribution in [1.82, 2.24) is 5.32 Å². The summed E-state index contributed by atoms with van der Waals surface area (Å²) in [5, 5.41) is 4.57. The Morgan fingerprint density at radius 2 is 1.67 bits per heavy atom. The largest absolute Gasteiger partial charge is 0.310 e. The quantitative estimate of drug-likeness (QED) is 0.721. The lowest BCUT2D eigenvalue weighted by atomic mass is 9.99. The Morgan fingerprint density at radius 1 is 1.05 bits per heavy atom. The molecule has 0 aliphatic carbocycles. The predicted molar refractivity (Wildman–Crippen MR) is 88.8 cm³/mol. The highest BCUT2D eigenvalue weighted by molar-refractivity contribution is 6.41. The molecule has 0 aliphatic heterocycles. The van der Waals surface area contributed by atoms with Crippen molar-refractivity contribution in [2.24, 2.45) is 0 Å². The van der Waals surface area contributed by atoms with Gasteiger partial charge in [-0.25, -0.2) is 4.39 Å². The van der Waals surface area contributed by atoms with Crippen LogP contribution < -0.4 is 5.32 Å². The molecule has 1 nitrogen and oxygen atoms in total. The van der Waals surface area contributed by atoms with Crippen LogP contribution in [0.5, 0.6) is 0 Å². The third-order valence-electron chi connectivity index (χ3n) is 3.05. The lowest BCUT2D eigenvalue weighted by Gasteiger charge is -2.15. The van der Waals surface area contributed by atoms with Gasteiger partial charge in [0.1, 0.15) is 5.82 Å². The van der Waals surface area contributed by atoms with Gasteiger partial charge in [0.2, 0.25) is 0 Å². The Kier molecular flexibility index (Phi) is 5.50. The summed E-state index contributed by atoms with van der Waals surface area (Å²) >= 11 is 18.4. The first kappa shape index (κ1) is 16.6. The fourth-order valence-corrected chi connectivity index (χ4v) is 3.07. The molecule has 2 aromatic rings. The van der Waals surface area contributed by atoms with Crippen LogP contribution in [0.15, 0.2) is 30.3 Å². The number of hydrogen-bond acceptors (Lipinski definition) is 1. The summed E-state index contributed by atoms with van der Waals surface area (Å²) in [5.74, 6) is -0.333. The highest BCUT2D eigenvalue weighted by atomic mass is 35.5. The molecule has 21 heavy (non-hydrogen) atoms. The molecule has 0 aliphatic rings. The summed E-state index contributed by atoms with van der Waals surface area (Å²) in [6.45, 7) is 4.69. The van der Waals surface area contributed by atoms with Crippen LogP contribution in [0, 0.1) is 5.82 Å². The number of halogens is 4. The first-order chi connectivity index (χ1) is 9.88. The van der Waals surface area contributed by atoms with Crippen LogP contribution in [0.25, 0.3) is 11.1 Å². The topological polar surface area (TPSA) is 12.0 Å². The van der Waals surface area contributed by atoms with Gasteiger partial charge in [-0.3, -0.25) is 0 Å². The van der Waals surface area contributed by atoms with E-state index in [1.165, 1.54) is 12.1 Å². The lowest BCUT2D eigenvalue weighted by molar-refractivity contribution is 0.587. The Hall–Kier alpha value is -0.800. The minimum absolute atomic E-state index is 0.319. The highest BCUT2D eigenvalue weighted by Crippen LogP contribution is 2.39. The monoisotopic (exact) mass is 345 g/mol. The first-order valence-electron chi connectivity index (χ1n) is 6.55. The fourth-order valence-electron chi connectivity index (χ4n) is 2.05. The smallest absolute Gasteiger partial charge is 0.123 e. The first-order valence-corrected chi connectivity index (χ1v) is 7.68. The zero-order valence-electron chi connectivity index (χ0n) is 11.7. The zero-order valence-corrected chi connectivity index (χ0v) is 14.0. The van der Waals surface area contributed by atoms with Crippen LogP contribution in [0.2, 0.25) is 15.1 Å². The van der Waals surface area contributed by atoms with Crippen LogP contribution in [0.3, 0.4) is 0 Å². The van der Waals surface area contributed by atoms with E-state index in [9.17, 15) is 4.39 Å². The molecule has 1 N–H and O–H groups in total. The number of nitrogens with one attached hydrogen (secondary N) is 1. The molecule has 0 saturated heterocycles. The number of benzene rings is 2. The van der Waals surface area contributed by atoms with E-state index in [2.05, 4.69) is 5.32 Å². The van der Waals surface area contributed by atoms with Crippen molar-refractivity contribution in [1.29, 1.82) is 0 Å². The van der Waals surface area contributed by atoms with E-state index in [4.69, 9.17) is 34.8 Å². The molecule has 0 bridgehead atoms. The van der Waals surface area contributed by atoms with Crippen molar-refractivity contribution in [2.75, 3.05) is 0 Å². The fraction of sp³-hybridized carbons (Fsp3) is 0.250. The summed E-state index contributed by atoms with van der Waals surface area (Å²) in [5.41, 5.74) is 2.20. The van der Waals surface area contributed by atoms with E-state index < -0.39 is 0 Å². The average molecular weight is 347 g/mol. The summed E-state index contributed by atoms with van der Waals surface area (Å²) in [6.07, 6.45) is 0. The predicted octanol–water partition coefficient (Wildman–Crippen LogP) is 5.95. The van der Waals surface area contributed by atoms with Gasteiger partial charge in [0.05, 0.1) is 10.0 Å². The maximum Gasteiger partial charge on any atom is 0.123 e. The van der Waals surface area contributed by atoms with Crippen molar-refractivity contribution in [3.8, 4) is 11.1 Å². The van der Waals surface area contributed by atoms with E-state index in [0.29, 0.717) is 38.8 Å². The third kappa shape index (κ3) is 4.10. The van der Waals surface area contributed by atoms with Gasteiger partial charge >= 0.3 is 0 Å². The van der Waals surface area contributed by atoms with Crippen molar-refractivity contribution in [2.45, 2.75) is 26.4 Å². The summed E-state index contributed by atoms with van der Waals surface area (Å²) in [6, 6.07) is 8.14. The van der Waals surface area contributed by atoms with Crippen LogP contribution in [-0.2, 0) is 6.54 Å². The second kappa shape index (κ2) is 6.97. The maximum absolute atomic E-state index is 13.6. The molecule has 0 atom stereocenters. The van der Waals surface area contributed by atoms with E-state index in [0.717, 1.165) is 5.56 Å². The molecular weight excluding hydrogens is 332 g/mol. The number of rotatable bonds is 4. The molecule has 0 spiro atoms. The van der Waals surface area contributed by atoms with Crippen LogP contribution in [-0.4, -0.2) is 6.04 Å². The molecule has 0 amide bonds.